The van der Waals surface area contributed by atoms with Crippen molar-refractivity contribution in [3.8, 4) is 0 Å². The van der Waals surface area contributed by atoms with Crippen LogP contribution in [0.4, 0.5) is 8.78 Å². The predicted molar refractivity (Wildman–Crippen MR) is 73.2 cm³/mol. The normalized spacial score (nSPS) is 17.9. The molecule has 0 spiro atoms. The molecule has 0 atom stereocenters. The highest BCUT2D eigenvalue weighted by molar-refractivity contribution is 9.10. The fraction of sp³-hybridized carbons (Fsp3) is 0.417. The summed E-state index contributed by atoms with van der Waals surface area (Å²) in [4.78, 5) is 10.2. The van der Waals surface area contributed by atoms with Crippen molar-refractivity contribution >= 4 is 31.9 Å². The van der Waals surface area contributed by atoms with Crippen molar-refractivity contribution in [2.75, 3.05) is 13.1 Å². The minimum absolute atomic E-state index is 0.00621. The van der Waals surface area contributed by atoms with Gasteiger partial charge in [-0.15, -0.1) is 0 Å². The van der Waals surface area contributed by atoms with E-state index < -0.39 is 38.4 Å². The van der Waals surface area contributed by atoms with Crippen LogP contribution in [0.1, 0.15) is 12.8 Å². The smallest absolute Gasteiger partial charge is 0.306 e. The highest BCUT2D eigenvalue weighted by atomic mass is 79.9. The molecule has 0 radical (unpaired) electrons. The summed E-state index contributed by atoms with van der Waals surface area (Å²) in [5, 5.41) is 8.88. The van der Waals surface area contributed by atoms with Gasteiger partial charge in [0.15, 0.2) is 0 Å². The van der Waals surface area contributed by atoms with Crippen LogP contribution >= 0.6 is 15.9 Å². The maximum Gasteiger partial charge on any atom is 0.306 e. The third kappa shape index (κ3) is 3.24. The number of carboxylic acid groups (broad SMARTS) is 1. The molecule has 1 aliphatic heterocycles. The monoisotopic (exact) mass is 383 g/mol. The molecule has 0 aliphatic carbocycles. The van der Waals surface area contributed by atoms with E-state index in [9.17, 15) is 22.0 Å². The van der Waals surface area contributed by atoms with E-state index >= 15 is 0 Å². The van der Waals surface area contributed by atoms with Gasteiger partial charge in [-0.05, 0) is 34.8 Å². The summed E-state index contributed by atoms with van der Waals surface area (Å²) < 4.78 is 52.5. The molecular formula is C12H12BrF2NO4S. The molecule has 1 aromatic rings. The Morgan fingerprint density at radius 3 is 2.33 bits per heavy atom. The van der Waals surface area contributed by atoms with Crippen molar-refractivity contribution in [2.24, 2.45) is 5.92 Å². The molecule has 0 unspecified atom stereocenters. The fourth-order valence-corrected chi connectivity index (χ4v) is 4.22. The van der Waals surface area contributed by atoms with Crippen molar-refractivity contribution < 1.29 is 27.1 Å². The number of nitrogens with zero attached hydrogens (tertiary/aromatic N) is 1. The zero-order valence-electron chi connectivity index (χ0n) is 10.7. The van der Waals surface area contributed by atoms with Gasteiger partial charge in [0.2, 0.25) is 10.0 Å². The van der Waals surface area contributed by atoms with Gasteiger partial charge >= 0.3 is 5.97 Å². The molecule has 1 fully saturated rings. The van der Waals surface area contributed by atoms with Crippen molar-refractivity contribution in [3.63, 3.8) is 0 Å². The van der Waals surface area contributed by atoms with E-state index in [0.29, 0.717) is 6.07 Å². The summed E-state index contributed by atoms with van der Waals surface area (Å²) >= 11 is 2.82. The standard InChI is InChI=1S/C12H12BrF2NO4S/c13-8-5-11(10(15)6-9(8)14)21(19,20)16-3-1-7(2-4-16)12(17)18/h5-7H,1-4H2,(H,17,18). The molecule has 9 heteroatoms. The van der Waals surface area contributed by atoms with E-state index in [2.05, 4.69) is 15.9 Å². The molecule has 0 bridgehead atoms. The Kier molecular flexibility index (Phi) is 4.64. The molecule has 2 rings (SSSR count). The van der Waals surface area contributed by atoms with Crippen LogP contribution < -0.4 is 0 Å². The average Bonchev–Trinajstić information content (AvgIpc) is 2.42. The summed E-state index contributed by atoms with van der Waals surface area (Å²) in [6.07, 6.45) is 0.330. The van der Waals surface area contributed by atoms with Crippen LogP contribution in [0, 0.1) is 17.6 Å². The first-order valence-electron chi connectivity index (χ1n) is 6.11. The maximum absolute atomic E-state index is 13.7. The second-order valence-corrected chi connectivity index (χ2v) is 7.47. The Labute approximate surface area is 128 Å². The fourth-order valence-electron chi connectivity index (χ4n) is 2.18. The maximum atomic E-state index is 13.7. The lowest BCUT2D eigenvalue weighted by atomic mass is 9.99. The van der Waals surface area contributed by atoms with E-state index in [0.717, 1.165) is 10.4 Å². The van der Waals surface area contributed by atoms with E-state index in [1.807, 2.05) is 0 Å². The van der Waals surface area contributed by atoms with Crippen molar-refractivity contribution in [2.45, 2.75) is 17.7 Å². The molecule has 5 nitrogen and oxygen atoms in total. The van der Waals surface area contributed by atoms with Crippen LogP contribution in [0.5, 0.6) is 0 Å². The Balaban J connectivity index is 2.28. The number of benzene rings is 1. The lowest BCUT2D eigenvalue weighted by molar-refractivity contribution is -0.142. The summed E-state index contributed by atoms with van der Waals surface area (Å²) in [6, 6.07) is 1.38. The van der Waals surface area contributed by atoms with Crippen LogP contribution in [0.2, 0.25) is 0 Å². The van der Waals surface area contributed by atoms with Gasteiger partial charge in [-0.3, -0.25) is 4.79 Å². The van der Waals surface area contributed by atoms with Gasteiger partial charge in [0.25, 0.3) is 0 Å². The van der Waals surface area contributed by atoms with Crippen LogP contribution in [-0.2, 0) is 14.8 Å². The van der Waals surface area contributed by atoms with Gasteiger partial charge in [0.1, 0.15) is 16.5 Å². The van der Waals surface area contributed by atoms with Gasteiger partial charge in [-0.25, -0.2) is 17.2 Å². The largest absolute Gasteiger partial charge is 0.481 e. The predicted octanol–water partition coefficient (Wildman–Crippen LogP) is 2.21. The molecule has 0 amide bonds. The minimum Gasteiger partial charge on any atom is -0.481 e. The molecule has 21 heavy (non-hydrogen) atoms. The third-order valence-electron chi connectivity index (χ3n) is 3.40. The summed E-state index contributed by atoms with van der Waals surface area (Å²) in [7, 11) is -4.11. The summed E-state index contributed by atoms with van der Waals surface area (Å²) in [5.74, 6) is -3.63. The van der Waals surface area contributed by atoms with Gasteiger partial charge in [-0.2, -0.15) is 4.31 Å². The van der Waals surface area contributed by atoms with Gasteiger partial charge < -0.3 is 5.11 Å². The Morgan fingerprint density at radius 1 is 1.24 bits per heavy atom. The van der Waals surface area contributed by atoms with Gasteiger partial charge in [0.05, 0.1) is 10.4 Å². The van der Waals surface area contributed by atoms with Crippen LogP contribution in [0.3, 0.4) is 0 Å². The van der Waals surface area contributed by atoms with E-state index in [-0.39, 0.29) is 30.4 Å². The molecular weight excluding hydrogens is 372 g/mol. The van der Waals surface area contributed by atoms with E-state index in [4.69, 9.17) is 5.11 Å². The lowest BCUT2D eigenvalue weighted by Crippen LogP contribution is -2.40. The number of halogens is 3. The molecule has 1 heterocycles. The van der Waals surface area contributed by atoms with E-state index in [1.165, 1.54) is 0 Å². The number of carboxylic acids is 1. The van der Waals surface area contributed by atoms with Crippen LogP contribution in [0.15, 0.2) is 21.5 Å². The Hall–Kier alpha value is -1.06. The molecule has 116 valence electrons. The topological polar surface area (TPSA) is 74.7 Å². The summed E-state index contributed by atoms with van der Waals surface area (Å²) in [6.45, 7) is -0.0124. The van der Waals surface area contributed by atoms with Crippen LogP contribution in [0.25, 0.3) is 0 Å². The lowest BCUT2D eigenvalue weighted by Gasteiger charge is -2.29. The number of sulfonamides is 1. The zero-order chi connectivity index (χ0) is 15.8. The number of hydrogen-bond donors (Lipinski definition) is 1. The second-order valence-electron chi connectivity index (χ2n) is 4.71. The number of aliphatic carboxylic acids is 1. The molecule has 1 saturated heterocycles. The number of piperidine rings is 1. The quantitative estimate of drug-likeness (QED) is 0.812. The highest BCUT2D eigenvalue weighted by Gasteiger charge is 2.33. The first kappa shape index (κ1) is 16.3. The van der Waals surface area contributed by atoms with Crippen molar-refractivity contribution in [3.05, 3.63) is 28.2 Å². The van der Waals surface area contributed by atoms with Gasteiger partial charge in [0, 0.05) is 19.2 Å². The van der Waals surface area contributed by atoms with Gasteiger partial charge in [-0.1, -0.05) is 0 Å². The van der Waals surface area contributed by atoms with Crippen LogP contribution in [-0.4, -0.2) is 36.9 Å². The first-order chi connectivity index (χ1) is 9.73. The molecule has 1 aliphatic rings. The zero-order valence-corrected chi connectivity index (χ0v) is 13.1. The second kappa shape index (κ2) is 5.98. The minimum atomic E-state index is -4.11. The molecule has 0 saturated carbocycles. The summed E-state index contributed by atoms with van der Waals surface area (Å²) in [5.41, 5.74) is 0. The van der Waals surface area contributed by atoms with Crippen molar-refractivity contribution in [1.29, 1.82) is 0 Å². The first-order valence-corrected chi connectivity index (χ1v) is 8.34. The third-order valence-corrected chi connectivity index (χ3v) is 5.92. The molecule has 1 N–H and O–H groups in total. The number of rotatable bonds is 3. The Morgan fingerprint density at radius 2 is 1.81 bits per heavy atom. The molecule has 0 aromatic heterocycles. The van der Waals surface area contributed by atoms with Crippen molar-refractivity contribution in [1.82, 2.24) is 4.31 Å². The average molecular weight is 384 g/mol. The van der Waals surface area contributed by atoms with E-state index in [1.54, 1.807) is 0 Å². The Bertz CT molecular complexity index is 672. The number of carbonyl (C=O) groups is 1. The highest BCUT2D eigenvalue weighted by Crippen LogP contribution is 2.28. The molecule has 1 aromatic carbocycles. The SMILES string of the molecule is O=C(O)C1CCN(S(=O)(=O)c2cc(Br)c(F)cc2F)CC1. The number of hydrogen-bond acceptors (Lipinski definition) is 3.